The molecule has 0 spiro atoms. The van der Waals surface area contributed by atoms with E-state index in [1.54, 1.807) is 18.2 Å². The molecule has 0 aliphatic carbocycles. The third-order valence-electron chi connectivity index (χ3n) is 3.57. The molecule has 0 N–H and O–H groups in total. The lowest BCUT2D eigenvalue weighted by molar-refractivity contribution is -0.134. The molecule has 0 bridgehead atoms. The smallest absolute Gasteiger partial charge is 0.345 e. The molecular formula is C18H13ClF2O4. The van der Waals surface area contributed by atoms with E-state index in [0.29, 0.717) is 17.2 Å². The topological polar surface area (TPSA) is 44.8 Å². The summed E-state index contributed by atoms with van der Waals surface area (Å²) in [6, 6.07) is 7.85. The van der Waals surface area contributed by atoms with Crippen molar-refractivity contribution in [3.05, 3.63) is 64.7 Å². The highest BCUT2D eigenvalue weighted by Gasteiger charge is 2.30. The van der Waals surface area contributed by atoms with Crippen molar-refractivity contribution in [3.8, 4) is 11.5 Å². The Morgan fingerprint density at radius 3 is 2.76 bits per heavy atom. The molecule has 0 saturated heterocycles. The molecule has 130 valence electrons. The zero-order valence-corrected chi connectivity index (χ0v) is 13.8. The second-order valence-electron chi connectivity index (χ2n) is 5.26. The number of rotatable bonds is 4. The second-order valence-corrected chi connectivity index (χ2v) is 5.52. The predicted octanol–water partition coefficient (Wildman–Crippen LogP) is 4.06. The number of carbonyl (C=O) groups excluding carboxylic acids is 1. The van der Waals surface area contributed by atoms with Gasteiger partial charge in [-0.15, -0.1) is 11.6 Å². The van der Waals surface area contributed by atoms with Gasteiger partial charge in [0.2, 0.25) is 6.29 Å². The number of carbonyl (C=O) groups is 1. The minimum atomic E-state index is -1.03. The summed E-state index contributed by atoms with van der Waals surface area (Å²) < 4.78 is 42.6. The van der Waals surface area contributed by atoms with Gasteiger partial charge in [0, 0.05) is 24.6 Å². The maximum Gasteiger partial charge on any atom is 0.345 e. The summed E-state index contributed by atoms with van der Waals surface area (Å²) in [7, 11) is 1.35. The third-order valence-corrected chi connectivity index (χ3v) is 3.88. The van der Waals surface area contributed by atoms with Gasteiger partial charge in [-0.05, 0) is 35.9 Å². The highest BCUT2D eigenvalue weighted by molar-refractivity contribution is 6.17. The van der Waals surface area contributed by atoms with Gasteiger partial charge in [-0.2, -0.15) is 0 Å². The molecule has 3 rings (SSSR count). The van der Waals surface area contributed by atoms with E-state index in [2.05, 4.69) is 0 Å². The lowest BCUT2D eigenvalue weighted by atomic mass is 10.0. The normalized spacial score (nSPS) is 15.8. The molecule has 0 fully saturated rings. The number of esters is 1. The van der Waals surface area contributed by atoms with Crippen LogP contribution in [0.2, 0.25) is 0 Å². The Bertz CT molecular complexity index is 851. The van der Waals surface area contributed by atoms with E-state index in [4.69, 9.17) is 25.8 Å². The Hall–Kier alpha value is -2.44. The zero-order valence-electron chi connectivity index (χ0n) is 13.1. The Kier molecular flexibility index (Phi) is 5.01. The van der Waals surface area contributed by atoms with E-state index in [0.717, 1.165) is 23.8 Å². The summed E-state index contributed by atoms with van der Waals surface area (Å²) >= 11 is 5.81. The first-order valence-electron chi connectivity index (χ1n) is 7.29. The molecule has 0 radical (unpaired) electrons. The average Bonchev–Trinajstić information content (AvgIpc) is 2.62. The summed E-state index contributed by atoms with van der Waals surface area (Å²) in [4.78, 5) is 12.4. The van der Waals surface area contributed by atoms with Crippen molar-refractivity contribution in [2.75, 3.05) is 7.11 Å². The number of benzene rings is 2. The van der Waals surface area contributed by atoms with Gasteiger partial charge in [-0.3, -0.25) is 0 Å². The van der Waals surface area contributed by atoms with E-state index in [9.17, 15) is 13.6 Å². The minimum absolute atomic E-state index is 0.0189. The highest BCUT2D eigenvalue weighted by atomic mass is 35.5. The van der Waals surface area contributed by atoms with Gasteiger partial charge >= 0.3 is 5.97 Å². The summed E-state index contributed by atoms with van der Waals surface area (Å²) in [5, 5.41) is 0. The molecule has 1 aliphatic heterocycles. The van der Waals surface area contributed by atoms with Crippen LogP contribution in [0.1, 0.15) is 11.1 Å². The number of ether oxygens (including phenoxy) is 3. The number of halogens is 3. The number of methoxy groups -OCH3 is 1. The highest BCUT2D eigenvalue weighted by Crippen LogP contribution is 2.32. The van der Waals surface area contributed by atoms with Crippen molar-refractivity contribution in [1.29, 1.82) is 0 Å². The fourth-order valence-corrected chi connectivity index (χ4v) is 2.53. The molecule has 1 aliphatic rings. The lowest BCUT2D eigenvalue weighted by Crippen LogP contribution is -2.31. The largest absolute Gasteiger partial charge is 0.460 e. The van der Waals surface area contributed by atoms with Crippen molar-refractivity contribution >= 4 is 23.6 Å². The molecule has 0 saturated carbocycles. The van der Waals surface area contributed by atoms with E-state index in [1.165, 1.54) is 13.2 Å². The maximum atomic E-state index is 13.7. The fraction of sp³-hybridized carbons (Fsp3) is 0.167. The molecule has 2 aromatic carbocycles. The van der Waals surface area contributed by atoms with Gasteiger partial charge < -0.3 is 14.2 Å². The van der Waals surface area contributed by atoms with E-state index in [-0.39, 0.29) is 5.57 Å². The summed E-state index contributed by atoms with van der Waals surface area (Å²) in [6.45, 7) is 0. The van der Waals surface area contributed by atoms with Gasteiger partial charge in [-0.1, -0.05) is 6.07 Å². The molecule has 4 nitrogen and oxygen atoms in total. The molecule has 0 amide bonds. The first-order chi connectivity index (χ1) is 12.0. The van der Waals surface area contributed by atoms with Crippen molar-refractivity contribution in [2.24, 2.45) is 0 Å². The quantitative estimate of drug-likeness (QED) is 0.465. The van der Waals surface area contributed by atoms with Crippen LogP contribution < -0.4 is 9.47 Å². The van der Waals surface area contributed by atoms with Crippen molar-refractivity contribution in [3.63, 3.8) is 0 Å². The Labute approximate surface area is 147 Å². The van der Waals surface area contributed by atoms with Crippen LogP contribution in [0.4, 0.5) is 8.78 Å². The minimum Gasteiger partial charge on any atom is -0.460 e. The van der Waals surface area contributed by atoms with Crippen LogP contribution in [0.3, 0.4) is 0 Å². The summed E-state index contributed by atoms with van der Waals surface area (Å²) in [5.74, 6) is -2.19. The molecule has 7 heteroatoms. The van der Waals surface area contributed by atoms with E-state index >= 15 is 0 Å². The molecule has 1 unspecified atom stereocenters. The monoisotopic (exact) mass is 366 g/mol. The van der Waals surface area contributed by atoms with Crippen molar-refractivity contribution in [1.82, 2.24) is 0 Å². The van der Waals surface area contributed by atoms with Gasteiger partial charge in [0.1, 0.15) is 17.1 Å². The van der Waals surface area contributed by atoms with Gasteiger partial charge in [0.15, 0.2) is 11.6 Å². The zero-order chi connectivity index (χ0) is 18.0. The van der Waals surface area contributed by atoms with Crippen LogP contribution in [0.5, 0.6) is 11.5 Å². The number of hydrogen-bond acceptors (Lipinski definition) is 4. The van der Waals surface area contributed by atoms with Crippen molar-refractivity contribution in [2.45, 2.75) is 12.2 Å². The van der Waals surface area contributed by atoms with Crippen LogP contribution in [-0.4, -0.2) is 19.4 Å². The Balaban J connectivity index is 1.93. The first kappa shape index (κ1) is 17.4. The molecular weight excluding hydrogens is 354 g/mol. The van der Waals surface area contributed by atoms with Gasteiger partial charge in [0.25, 0.3) is 0 Å². The Morgan fingerprint density at radius 2 is 2.04 bits per heavy atom. The molecule has 2 aromatic rings. The number of alkyl halides is 1. The molecule has 1 heterocycles. The molecule has 0 aromatic heterocycles. The van der Waals surface area contributed by atoms with E-state index in [1.807, 2.05) is 0 Å². The van der Waals surface area contributed by atoms with Crippen LogP contribution in [0, 0.1) is 11.6 Å². The maximum absolute atomic E-state index is 13.7. The summed E-state index contributed by atoms with van der Waals surface area (Å²) in [5.41, 5.74) is 1.46. The fourth-order valence-electron chi connectivity index (χ4n) is 2.36. The second kappa shape index (κ2) is 7.21. The third kappa shape index (κ3) is 3.65. The Morgan fingerprint density at radius 1 is 1.24 bits per heavy atom. The summed E-state index contributed by atoms with van der Waals surface area (Å²) in [6.07, 6.45) is 0.487. The van der Waals surface area contributed by atoms with Crippen LogP contribution >= 0.6 is 11.6 Å². The number of fused-ring (bicyclic) bond motifs is 1. The number of hydrogen-bond donors (Lipinski definition) is 0. The first-order valence-corrected chi connectivity index (χ1v) is 7.82. The van der Waals surface area contributed by atoms with Gasteiger partial charge in [0.05, 0.1) is 0 Å². The SMILES string of the molecule is COC1Oc2ccc(CCl)cc2C=C1C(=O)Oc1cc(F)ccc1F. The van der Waals surface area contributed by atoms with Gasteiger partial charge in [-0.25, -0.2) is 13.6 Å². The van der Waals surface area contributed by atoms with E-state index < -0.39 is 29.6 Å². The molecule has 1 atom stereocenters. The lowest BCUT2D eigenvalue weighted by Gasteiger charge is -2.25. The average molecular weight is 367 g/mol. The van der Waals surface area contributed by atoms with Crippen LogP contribution in [0.25, 0.3) is 6.08 Å². The van der Waals surface area contributed by atoms with Crippen LogP contribution in [-0.2, 0) is 15.4 Å². The van der Waals surface area contributed by atoms with Crippen LogP contribution in [0.15, 0.2) is 42.0 Å². The predicted molar refractivity (Wildman–Crippen MR) is 87.4 cm³/mol. The van der Waals surface area contributed by atoms with Crippen molar-refractivity contribution < 1.29 is 27.8 Å². The molecule has 25 heavy (non-hydrogen) atoms. The standard InChI is InChI=1S/C18H13ClF2O4/c1-23-18-13(7-11-6-10(9-19)2-5-15(11)25-18)17(22)24-16-8-12(20)3-4-14(16)21/h2-8,18H,9H2,1H3.